The Morgan fingerprint density at radius 2 is 1.79 bits per heavy atom. The molecular formula is C20H21FN2O6. The van der Waals surface area contributed by atoms with Gasteiger partial charge in [-0.3, -0.25) is 14.9 Å². The summed E-state index contributed by atoms with van der Waals surface area (Å²) in [5.74, 6) is -2.04. The average Bonchev–Trinajstić information content (AvgIpc) is 2.72. The fraction of sp³-hybridized carbons (Fsp3) is 0.300. The number of carbonyl (C=O) groups excluding carboxylic acids is 2. The number of halogens is 1. The molecule has 0 aromatic heterocycles. The molecule has 9 heteroatoms. The largest absolute Gasteiger partial charge is 0.496 e. The van der Waals surface area contributed by atoms with E-state index in [1.165, 1.54) is 25.3 Å². The summed E-state index contributed by atoms with van der Waals surface area (Å²) in [6, 6.07) is 7.31. The first kappa shape index (κ1) is 21.8. The SMILES string of the molecule is CCN(CC)c1ccc([N+](=O)[O-])cc1C(=O)OCC(=O)c1cc(F)ccc1OC. The highest BCUT2D eigenvalue weighted by molar-refractivity contribution is 6.02. The molecule has 0 bridgehead atoms. The monoisotopic (exact) mass is 404 g/mol. The summed E-state index contributed by atoms with van der Waals surface area (Å²) in [5, 5.41) is 11.1. The van der Waals surface area contributed by atoms with Crippen molar-refractivity contribution in [2.75, 3.05) is 31.7 Å². The minimum absolute atomic E-state index is 0.0260. The number of ether oxygens (including phenoxy) is 2. The van der Waals surface area contributed by atoms with Crippen LogP contribution in [0.1, 0.15) is 34.6 Å². The summed E-state index contributed by atoms with van der Waals surface area (Å²) in [6.07, 6.45) is 0. The summed E-state index contributed by atoms with van der Waals surface area (Å²) < 4.78 is 23.6. The van der Waals surface area contributed by atoms with E-state index in [9.17, 15) is 24.1 Å². The lowest BCUT2D eigenvalue weighted by atomic mass is 10.1. The number of carbonyl (C=O) groups is 2. The lowest BCUT2D eigenvalue weighted by molar-refractivity contribution is -0.384. The molecular weight excluding hydrogens is 383 g/mol. The van der Waals surface area contributed by atoms with Gasteiger partial charge in [-0.05, 0) is 38.1 Å². The zero-order valence-electron chi connectivity index (χ0n) is 16.3. The van der Waals surface area contributed by atoms with E-state index < -0.39 is 29.1 Å². The van der Waals surface area contributed by atoms with E-state index in [1.54, 1.807) is 0 Å². The smallest absolute Gasteiger partial charge is 0.340 e. The number of hydrogen-bond donors (Lipinski definition) is 0. The molecule has 2 aromatic carbocycles. The van der Waals surface area contributed by atoms with Gasteiger partial charge in [0.1, 0.15) is 11.6 Å². The first-order chi connectivity index (χ1) is 13.8. The Hall–Kier alpha value is -3.49. The van der Waals surface area contributed by atoms with Gasteiger partial charge >= 0.3 is 5.97 Å². The molecule has 2 aromatic rings. The standard InChI is InChI=1S/C20H21FN2O6/c1-4-22(5-2)17-8-7-14(23(26)27)11-15(17)20(25)29-12-18(24)16-10-13(21)6-9-19(16)28-3/h6-11H,4-5,12H2,1-3H3. The molecule has 0 N–H and O–H groups in total. The highest BCUT2D eigenvalue weighted by Gasteiger charge is 2.22. The second-order valence-electron chi connectivity index (χ2n) is 5.97. The number of nitro benzene ring substituents is 1. The number of nitrogens with zero attached hydrogens (tertiary/aromatic N) is 2. The second-order valence-corrected chi connectivity index (χ2v) is 5.97. The third-order valence-electron chi connectivity index (χ3n) is 4.31. The molecule has 0 aliphatic rings. The number of non-ortho nitro benzene ring substituents is 1. The third-order valence-corrected chi connectivity index (χ3v) is 4.31. The fourth-order valence-corrected chi connectivity index (χ4v) is 2.83. The summed E-state index contributed by atoms with van der Waals surface area (Å²) >= 11 is 0. The lowest BCUT2D eigenvalue weighted by Gasteiger charge is -2.23. The van der Waals surface area contributed by atoms with Crippen molar-refractivity contribution in [1.82, 2.24) is 0 Å². The third kappa shape index (κ3) is 5.07. The molecule has 0 atom stereocenters. The molecule has 0 aliphatic heterocycles. The van der Waals surface area contributed by atoms with Crippen LogP contribution >= 0.6 is 0 Å². The van der Waals surface area contributed by atoms with Gasteiger partial charge in [0.25, 0.3) is 5.69 Å². The van der Waals surface area contributed by atoms with Crippen LogP contribution in [0.3, 0.4) is 0 Å². The predicted octanol–water partition coefficient (Wildman–Crippen LogP) is 3.63. The average molecular weight is 404 g/mol. The number of rotatable bonds is 9. The van der Waals surface area contributed by atoms with E-state index in [-0.39, 0.29) is 22.6 Å². The Kier molecular flexibility index (Phi) is 7.24. The molecule has 0 radical (unpaired) electrons. The van der Waals surface area contributed by atoms with Crippen molar-refractivity contribution in [2.24, 2.45) is 0 Å². The van der Waals surface area contributed by atoms with Gasteiger partial charge in [-0.1, -0.05) is 0 Å². The van der Waals surface area contributed by atoms with E-state index in [0.717, 1.165) is 18.2 Å². The van der Waals surface area contributed by atoms with Crippen molar-refractivity contribution >= 4 is 23.1 Å². The van der Waals surface area contributed by atoms with Crippen LogP contribution in [-0.4, -0.2) is 43.5 Å². The van der Waals surface area contributed by atoms with E-state index in [4.69, 9.17) is 9.47 Å². The van der Waals surface area contributed by atoms with Crippen molar-refractivity contribution < 1.29 is 28.4 Å². The highest BCUT2D eigenvalue weighted by atomic mass is 19.1. The minimum atomic E-state index is -0.890. The molecule has 0 saturated heterocycles. The van der Waals surface area contributed by atoms with E-state index in [1.807, 2.05) is 18.7 Å². The van der Waals surface area contributed by atoms with Gasteiger partial charge in [0.2, 0.25) is 5.78 Å². The summed E-state index contributed by atoms with van der Waals surface area (Å²) in [5.41, 5.74) is 0.0950. The zero-order valence-corrected chi connectivity index (χ0v) is 16.3. The maximum absolute atomic E-state index is 13.5. The van der Waals surface area contributed by atoms with Crippen molar-refractivity contribution in [2.45, 2.75) is 13.8 Å². The molecule has 154 valence electrons. The summed E-state index contributed by atoms with van der Waals surface area (Å²) in [6.45, 7) is 4.21. The molecule has 0 aliphatic carbocycles. The van der Waals surface area contributed by atoms with E-state index >= 15 is 0 Å². The van der Waals surface area contributed by atoms with Crippen LogP contribution in [0, 0.1) is 15.9 Å². The number of ketones is 1. The van der Waals surface area contributed by atoms with Crippen molar-refractivity contribution in [1.29, 1.82) is 0 Å². The molecule has 2 rings (SSSR count). The minimum Gasteiger partial charge on any atom is -0.496 e. The maximum Gasteiger partial charge on any atom is 0.340 e. The Bertz CT molecular complexity index is 927. The lowest BCUT2D eigenvalue weighted by Crippen LogP contribution is -2.25. The highest BCUT2D eigenvalue weighted by Crippen LogP contribution is 2.27. The van der Waals surface area contributed by atoms with Crippen LogP contribution in [0.2, 0.25) is 0 Å². The summed E-state index contributed by atoms with van der Waals surface area (Å²) in [7, 11) is 1.33. The first-order valence-electron chi connectivity index (χ1n) is 8.89. The van der Waals surface area contributed by atoms with Gasteiger partial charge < -0.3 is 14.4 Å². The van der Waals surface area contributed by atoms with Gasteiger partial charge in [-0.15, -0.1) is 0 Å². The Labute approximate surface area is 167 Å². The van der Waals surface area contributed by atoms with Crippen LogP contribution in [-0.2, 0) is 4.74 Å². The van der Waals surface area contributed by atoms with Gasteiger partial charge in [0.05, 0.1) is 28.8 Å². The molecule has 0 spiro atoms. The molecule has 0 amide bonds. The van der Waals surface area contributed by atoms with Crippen LogP contribution in [0.4, 0.5) is 15.8 Å². The van der Waals surface area contributed by atoms with Crippen molar-refractivity contribution in [3.63, 3.8) is 0 Å². The van der Waals surface area contributed by atoms with Crippen molar-refractivity contribution in [3.8, 4) is 5.75 Å². The summed E-state index contributed by atoms with van der Waals surface area (Å²) in [4.78, 5) is 37.3. The number of Topliss-reactive ketones (excluding diaryl/α,β-unsaturated/α-hetero) is 1. The number of benzene rings is 2. The Morgan fingerprint density at radius 1 is 1.10 bits per heavy atom. The Balaban J connectivity index is 2.28. The van der Waals surface area contributed by atoms with Gasteiger partial charge in [-0.25, -0.2) is 9.18 Å². The van der Waals surface area contributed by atoms with Crippen LogP contribution < -0.4 is 9.64 Å². The number of anilines is 1. The number of nitro groups is 1. The first-order valence-corrected chi connectivity index (χ1v) is 8.89. The van der Waals surface area contributed by atoms with Gasteiger partial charge in [-0.2, -0.15) is 0 Å². The van der Waals surface area contributed by atoms with Crippen LogP contribution in [0.25, 0.3) is 0 Å². The van der Waals surface area contributed by atoms with E-state index in [0.29, 0.717) is 18.8 Å². The Morgan fingerprint density at radius 3 is 2.38 bits per heavy atom. The quantitative estimate of drug-likeness (QED) is 0.272. The topological polar surface area (TPSA) is 99.0 Å². The fourth-order valence-electron chi connectivity index (χ4n) is 2.83. The van der Waals surface area contributed by atoms with Crippen LogP contribution in [0.15, 0.2) is 36.4 Å². The number of methoxy groups -OCH3 is 1. The van der Waals surface area contributed by atoms with Crippen molar-refractivity contribution in [3.05, 3.63) is 63.5 Å². The molecule has 0 heterocycles. The molecule has 0 unspecified atom stereocenters. The normalized spacial score (nSPS) is 10.3. The maximum atomic E-state index is 13.5. The molecule has 0 saturated carbocycles. The van der Waals surface area contributed by atoms with E-state index in [2.05, 4.69) is 0 Å². The van der Waals surface area contributed by atoms with Gasteiger partial charge in [0, 0.05) is 25.2 Å². The zero-order chi connectivity index (χ0) is 21.6. The van der Waals surface area contributed by atoms with Gasteiger partial charge in [0.15, 0.2) is 6.61 Å². The van der Waals surface area contributed by atoms with Crippen LogP contribution in [0.5, 0.6) is 5.75 Å². The second kappa shape index (κ2) is 9.63. The molecule has 0 fully saturated rings. The molecule has 8 nitrogen and oxygen atoms in total. The predicted molar refractivity (Wildman–Crippen MR) is 104 cm³/mol. The number of hydrogen-bond acceptors (Lipinski definition) is 7. The number of esters is 1. The molecule has 29 heavy (non-hydrogen) atoms.